The standard InChI is InChI=1S/C19H19N5OS3/c1-11-12(2)27-17-15(11)18(21-16(20-17)13-6-5-9-26-13)28-19-23-22-14(25-19)10-24-7-3-4-8-24/h5-6,9H,3-4,7-8,10H2,1-2H3. The zero-order chi connectivity index (χ0) is 19.1. The molecule has 1 aliphatic rings. The molecule has 5 rings (SSSR count). The van der Waals surface area contributed by atoms with E-state index in [-0.39, 0.29) is 0 Å². The maximum Gasteiger partial charge on any atom is 0.283 e. The first-order valence-corrected chi connectivity index (χ1v) is 11.7. The molecule has 0 radical (unpaired) electrons. The molecule has 28 heavy (non-hydrogen) atoms. The second kappa shape index (κ2) is 7.55. The fraction of sp³-hybridized carbons (Fsp3) is 0.368. The Labute approximate surface area is 175 Å². The summed E-state index contributed by atoms with van der Waals surface area (Å²) in [6.45, 7) is 7.19. The Balaban J connectivity index is 1.50. The molecule has 4 aromatic rings. The molecule has 4 aromatic heterocycles. The lowest BCUT2D eigenvalue weighted by Gasteiger charge is -2.10. The van der Waals surface area contributed by atoms with Gasteiger partial charge in [0.05, 0.1) is 11.4 Å². The van der Waals surface area contributed by atoms with Crippen molar-refractivity contribution in [2.45, 2.75) is 43.5 Å². The number of likely N-dealkylation sites (tertiary alicyclic amines) is 1. The first-order valence-electron chi connectivity index (χ1n) is 9.21. The molecule has 0 saturated carbocycles. The molecule has 6 nitrogen and oxygen atoms in total. The summed E-state index contributed by atoms with van der Waals surface area (Å²) < 4.78 is 5.92. The lowest BCUT2D eigenvalue weighted by Crippen LogP contribution is -2.18. The third-order valence-corrected chi connectivity index (χ3v) is 7.72. The van der Waals surface area contributed by atoms with Crippen molar-refractivity contribution < 1.29 is 4.42 Å². The molecule has 5 heterocycles. The Kier molecular flexibility index (Phi) is 4.92. The maximum absolute atomic E-state index is 5.92. The lowest BCUT2D eigenvalue weighted by atomic mass is 10.2. The fourth-order valence-electron chi connectivity index (χ4n) is 3.36. The molecule has 0 N–H and O–H groups in total. The number of hydrogen-bond acceptors (Lipinski definition) is 9. The molecule has 1 fully saturated rings. The van der Waals surface area contributed by atoms with Crippen molar-refractivity contribution in [2.24, 2.45) is 0 Å². The van der Waals surface area contributed by atoms with Crippen molar-refractivity contribution in [3.63, 3.8) is 0 Å². The van der Waals surface area contributed by atoms with Gasteiger partial charge in [-0.05, 0) is 68.6 Å². The van der Waals surface area contributed by atoms with E-state index in [2.05, 4.69) is 35.0 Å². The van der Waals surface area contributed by atoms with E-state index in [1.165, 1.54) is 35.0 Å². The summed E-state index contributed by atoms with van der Waals surface area (Å²) in [6, 6.07) is 4.07. The number of nitrogens with zero attached hydrogens (tertiary/aromatic N) is 5. The summed E-state index contributed by atoms with van der Waals surface area (Å²) in [5, 5.41) is 13.0. The topological polar surface area (TPSA) is 67.9 Å². The van der Waals surface area contributed by atoms with E-state index < -0.39 is 0 Å². The number of fused-ring (bicyclic) bond motifs is 1. The summed E-state index contributed by atoms with van der Waals surface area (Å²) >= 11 is 4.79. The molecule has 0 aromatic carbocycles. The largest absolute Gasteiger partial charge is 0.414 e. The van der Waals surface area contributed by atoms with Gasteiger partial charge in [-0.3, -0.25) is 4.90 Å². The van der Waals surface area contributed by atoms with Crippen LogP contribution in [0.25, 0.3) is 20.9 Å². The van der Waals surface area contributed by atoms with Crippen molar-refractivity contribution in [1.82, 2.24) is 25.1 Å². The molecule has 9 heteroatoms. The number of thiophene rings is 2. The molecular formula is C19H19N5OS3. The Morgan fingerprint density at radius 1 is 1.18 bits per heavy atom. The Hall–Kier alpha value is -1.81. The van der Waals surface area contributed by atoms with Crippen LogP contribution in [0, 0.1) is 13.8 Å². The normalized spacial score (nSPS) is 15.1. The quantitative estimate of drug-likeness (QED) is 0.406. The van der Waals surface area contributed by atoms with Gasteiger partial charge in [-0.2, -0.15) is 0 Å². The Morgan fingerprint density at radius 2 is 2.04 bits per heavy atom. The van der Waals surface area contributed by atoms with Crippen LogP contribution < -0.4 is 0 Å². The first kappa shape index (κ1) is 18.2. The molecular weight excluding hydrogens is 410 g/mol. The van der Waals surface area contributed by atoms with E-state index in [9.17, 15) is 0 Å². The highest BCUT2D eigenvalue weighted by molar-refractivity contribution is 7.99. The predicted molar refractivity (Wildman–Crippen MR) is 113 cm³/mol. The van der Waals surface area contributed by atoms with Crippen LogP contribution >= 0.6 is 34.4 Å². The third kappa shape index (κ3) is 3.47. The molecule has 0 spiro atoms. The molecule has 0 unspecified atom stereocenters. The Bertz CT molecular complexity index is 1110. The number of aryl methyl sites for hydroxylation is 2. The molecule has 0 aliphatic carbocycles. The molecule has 0 bridgehead atoms. The van der Waals surface area contributed by atoms with Crippen LogP contribution in [0.15, 0.2) is 32.2 Å². The van der Waals surface area contributed by atoms with Crippen LogP contribution in [0.2, 0.25) is 0 Å². The van der Waals surface area contributed by atoms with E-state index in [1.54, 1.807) is 22.7 Å². The van der Waals surface area contributed by atoms with Gasteiger partial charge in [-0.25, -0.2) is 9.97 Å². The summed E-state index contributed by atoms with van der Waals surface area (Å²) in [7, 11) is 0. The lowest BCUT2D eigenvalue weighted by molar-refractivity contribution is 0.278. The van der Waals surface area contributed by atoms with Gasteiger partial charge in [0.2, 0.25) is 5.89 Å². The minimum absolute atomic E-state index is 0.537. The van der Waals surface area contributed by atoms with E-state index in [1.807, 2.05) is 11.4 Å². The average molecular weight is 430 g/mol. The van der Waals surface area contributed by atoms with Crippen LogP contribution in [0.4, 0.5) is 0 Å². The number of aromatic nitrogens is 4. The van der Waals surface area contributed by atoms with Crippen LogP contribution in [0.1, 0.15) is 29.2 Å². The highest BCUT2D eigenvalue weighted by Crippen LogP contribution is 2.39. The average Bonchev–Trinajstić information content (AvgIpc) is 3.46. The number of hydrogen-bond donors (Lipinski definition) is 0. The summed E-state index contributed by atoms with van der Waals surface area (Å²) in [5.41, 5.74) is 1.22. The second-order valence-corrected chi connectivity index (χ2v) is 9.93. The number of rotatable bonds is 5. The second-order valence-electron chi connectivity index (χ2n) is 6.84. The van der Waals surface area contributed by atoms with Crippen LogP contribution in [-0.2, 0) is 6.54 Å². The van der Waals surface area contributed by atoms with Crippen molar-refractivity contribution in [1.29, 1.82) is 0 Å². The summed E-state index contributed by atoms with van der Waals surface area (Å²) in [4.78, 5) is 15.3. The van der Waals surface area contributed by atoms with Gasteiger partial charge in [0.25, 0.3) is 5.22 Å². The molecule has 0 atom stereocenters. The predicted octanol–water partition coefficient (Wildman–Crippen LogP) is 5.17. The smallest absolute Gasteiger partial charge is 0.283 e. The van der Waals surface area contributed by atoms with Gasteiger partial charge >= 0.3 is 0 Å². The highest BCUT2D eigenvalue weighted by atomic mass is 32.2. The van der Waals surface area contributed by atoms with Crippen molar-refractivity contribution in [3.8, 4) is 10.7 Å². The summed E-state index contributed by atoms with van der Waals surface area (Å²) in [6.07, 6.45) is 2.49. The van der Waals surface area contributed by atoms with Gasteiger partial charge in [-0.1, -0.05) is 6.07 Å². The zero-order valence-corrected chi connectivity index (χ0v) is 18.1. The van der Waals surface area contributed by atoms with Crippen LogP contribution in [-0.4, -0.2) is 38.2 Å². The minimum atomic E-state index is 0.537. The maximum atomic E-state index is 5.92. The van der Waals surface area contributed by atoms with Gasteiger partial charge in [0, 0.05) is 10.3 Å². The van der Waals surface area contributed by atoms with Crippen molar-refractivity contribution in [2.75, 3.05) is 13.1 Å². The van der Waals surface area contributed by atoms with E-state index in [4.69, 9.17) is 14.4 Å². The van der Waals surface area contributed by atoms with Crippen LogP contribution in [0.3, 0.4) is 0 Å². The van der Waals surface area contributed by atoms with Gasteiger partial charge < -0.3 is 4.42 Å². The summed E-state index contributed by atoms with van der Waals surface area (Å²) in [5.74, 6) is 1.43. The van der Waals surface area contributed by atoms with E-state index in [0.29, 0.717) is 11.1 Å². The minimum Gasteiger partial charge on any atom is -0.414 e. The fourth-order valence-corrected chi connectivity index (χ4v) is 5.98. The molecule has 1 saturated heterocycles. The third-order valence-electron chi connectivity index (χ3n) is 4.93. The van der Waals surface area contributed by atoms with Crippen LogP contribution in [0.5, 0.6) is 0 Å². The first-order chi connectivity index (χ1) is 13.7. The van der Waals surface area contributed by atoms with Gasteiger partial charge in [-0.15, -0.1) is 32.9 Å². The van der Waals surface area contributed by atoms with E-state index in [0.717, 1.165) is 45.6 Å². The molecule has 0 amide bonds. The molecule has 1 aliphatic heterocycles. The SMILES string of the molecule is Cc1sc2nc(-c3cccs3)nc(Sc3nnc(CN4CCCC4)o3)c2c1C. The van der Waals surface area contributed by atoms with Crippen molar-refractivity contribution in [3.05, 3.63) is 33.8 Å². The van der Waals surface area contributed by atoms with Gasteiger partial charge in [0.15, 0.2) is 5.82 Å². The zero-order valence-electron chi connectivity index (χ0n) is 15.6. The monoisotopic (exact) mass is 429 g/mol. The van der Waals surface area contributed by atoms with E-state index >= 15 is 0 Å². The Morgan fingerprint density at radius 3 is 2.82 bits per heavy atom. The van der Waals surface area contributed by atoms with Crippen molar-refractivity contribution >= 4 is 44.7 Å². The molecule has 144 valence electrons. The highest BCUT2D eigenvalue weighted by Gasteiger charge is 2.20. The van der Waals surface area contributed by atoms with Gasteiger partial charge in [0.1, 0.15) is 9.86 Å².